The summed E-state index contributed by atoms with van der Waals surface area (Å²) in [5, 5.41) is 2.77. The van der Waals surface area contributed by atoms with E-state index in [1.165, 1.54) is 7.11 Å². The molecule has 1 amide bonds. The van der Waals surface area contributed by atoms with E-state index in [2.05, 4.69) is 26.2 Å². The number of carbonyl (C=O) groups is 1. The number of aromatic nitrogens is 1. The second kappa shape index (κ2) is 7.08. The number of amides is 1. The van der Waals surface area contributed by atoms with Crippen LogP contribution in [0, 0.1) is 0 Å². The number of nitrogens with one attached hydrogen (secondary N) is 1. The van der Waals surface area contributed by atoms with E-state index in [-0.39, 0.29) is 5.91 Å². The Labute approximate surface area is 131 Å². The van der Waals surface area contributed by atoms with Gasteiger partial charge >= 0.3 is 0 Å². The van der Waals surface area contributed by atoms with Crippen molar-refractivity contribution in [2.75, 3.05) is 19.0 Å². The molecule has 0 bridgehead atoms. The molecule has 1 aromatic carbocycles. The normalized spacial score (nSPS) is 10.0. The van der Waals surface area contributed by atoms with E-state index in [1.54, 1.807) is 36.7 Å². The van der Waals surface area contributed by atoms with Crippen LogP contribution in [-0.2, 0) is 0 Å². The molecular formula is C15H15BrN2O3. The summed E-state index contributed by atoms with van der Waals surface area (Å²) < 4.78 is 11.4. The maximum Gasteiger partial charge on any atom is 0.255 e. The third-order valence-electron chi connectivity index (χ3n) is 2.70. The highest BCUT2D eigenvalue weighted by atomic mass is 79.9. The topological polar surface area (TPSA) is 60.5 Å². The van der Waals surface area contributed by atoms with Gasteiger partial charge in [-0.15, -0.1) is 0 Å². The molecule has 5 nitrogen and oxygen atoms in total. The molecule has 1 heterocycles. The molecule has 21 heavy (non-hydrogen) atoms. The second-order valence-corrected chi connectivity index (χ2v) is 4.97. The summed E-state index contributed by atoms with van der Waals surface area (Å²) in [5.74, 6) is 0.838. The molecular weight excluding hydrogens is 336 g/mol. The van der Waals surface area contributed by atoms with Crippen molar-refractivity contribution < 1.29 is 14.3 Å². The van der Waals surface area contributed by atoms with Gasteiger partial charge in [0.05, 0.1) is 30.1 Å². The fraction of sp³-hybridized carbons (Fsp3) is 0.200. The largest absolute Gasteiger partial charge is 0.493 e. The van der Waals surface area contributed by atoms with Crippen LogP contribution in [0.2, 0.25) is 0 Å². The van der Waals surface area contributed by atoms with Gasteiger partial charge in [0, 0.05) is 11.8 Å². The summed E-state index contributed by atoms with van der Waals surface area (Å²) in [6.07, 6.45) is 3.23. The number of halogens is 1. The Balaban J connectivity index is 2.27. The van der Waals surface area contributed by atoms with E-state index >= 15 is 0 Å². The maximum atomic E-state index is 12.2. The van der Waals surface area contributed by atoms with Gasteiger partial charge < -0.3 is 14.8 Å². The Kier molecular flexibility index (Phi) is 5.16. The van der Waals surface area contributed by atoms with Gasteiger partial charge in [0.2, 0.25) is 0 Å². The fourth-order valence-corrected chi connectivity index (χ4v) is 2.33. The van der Waals surface area contributed by atoms with Crippen LogP contribution < -0.4 is 14.8 Å². The molecule has 0 fully saturated rings. The third kappa shape index (κ3) is 3.72. The molecule has 0 unspecified atom stereocenters. The molecule has 0 aliphatic heterocycles. The van der Waals surface area contributed by atoms with Gasteiger partial charge in [0.15, 0.2) is 11.5 Å². The Hall–Kier alpha value is -2.08. The highest BCUT2D eigenvalue weighted by molar-refractivity contribution is 9.10. The minimum Gasteiger partial charge on any atom is -0.493 e. The standard InChI is InChI=1S/C15H15BrN2O3/c1-3-21-14-12(16)7-10(8-13(14)20-2)15(19)18-11-5-4-6-17-9-11/h4-9H,3H2,1-2H3,(H,18,19). The smallest absolute Gasteiger partial charge is 0.255 e. The number of pyridine rings is 1. The van der Waals surface area contributed by atoms with Gasteiger partial charge in [0.1, 0.15) is 0 Å². The summed E-state index contributed by atoms with van der Waals surface area (Å²) in [7, 11) is 1.53. The Morgan fingerprint density at radius 3 is 2.86 bits per heavy atom. The number of ether oxygens (including phenoxy) is 2. The van der Waals surface area contributed by atoms with Gasteiger partial charge in [-0.25, -0.2) is 0 Å². The van der Waals surface area contributed by atoms with Crippen molar-refractivity contribution in [1.82, 2.24) is 4.98 Å². The molecule has 6 heteroatoms. The molecule has 1 aromatic heterocycles. The van der Waals surface area contributed by atoms with Gasteiger partial charge in [-0.3, -0.25) is 9.78 Å². The van der Waals surface area contributed by atoms with Gasteiger partial charge in [0.25, 0.3) is 5.91 Å². The zero-order valence-electron chi connectivity index (χ0n) is 11.7. The minimum absolute atomic E-state index is 0.245. The van der Waals surface area contributed by atoms with Crippen molar-refractivity contribution >= 4 is 27.5 Å². The van der Waals surface area contributed by atoms with Gasteiger partial charge in [-0.2, -0.15) is 0 Å². The average molecular weight is 351 g/mol. The maximum absolute atomic E-state index is 12.2. The first-order chi connectivity index (χ1) is 10.2. The molecule has 0 atom stereocenters. The first kappa shape index (κ1) is 15.3. The Bertz CT molecular complexity index is 632. The summed E-state index contributed by atoms with van der Waals surface area (Å²) in [6, 6.07) is 6.86. The summed E-state index contributed by atoms with van der Waals surface area (Å²) in [5.41, 5.74) is 1.09. The van der Waals surface area contributed by atoms with Crippen LogP contribution in [0.15, 0.2) is 41.1 Å². The van der Waals surface area contributed by atoms with E-state index in [1.807, 2.05) is 6.92 Å². The summed E-state index contributed by atoms with van der Waals surface area (Å²) in [6.45, 7) is 2.39. The number of hydrogen-bond acceptors (Lipinski definition) is 4. The zero-order chi connectivity index (χ0) is 15.2. The second-order valence-electron chi connectivity index (χ2n) is 4.12. The number of hydrogen-bond donors (Lipinski definition) is 1. The summed E-state index contributed by atoms with van der Waals surface area (Å²) >= 11 is 3.40. The van der Waals surface area contributed by atoms with E-state index in [0.717, 1.165) is 0 Å². The van der Waals surface area contributed by atoms with Crippen LogP contribution in [0.5, 0.6) is 11.5 Å². The van der Waals surface area contributed by atoms with E-state index in [0.29, 0.717) is 33.8 Å². The number of rotatable bonds is 5. The fourth-order valence-electron chi connectivity index (χ4n) is 1.78. The highest BCUT2D eigenvalue weighted by Gasteiger charge is 2.15. The van der Waals surface area contributed by atoms with Crippen molar-refractivity contribution in [2.24, 2.45) is 0 Å². The van der Waals surface area contributed by atoms with Crippen molar-refractivity contribution in [3.8, 4) is 11.5 Å². The minimum atomic E-state index is -0.245. The predicted molar refractivity (Wildman–Crippen MR) is 84.1 cm³/mol. The first-order valence-corrected chi connectivity index (χ1v) is 7.16. The van der Waals surface area contributed by atoms with Crippen LogP contribution >= 0.6 is 15.9 Å². The van der Waals surface area contributed by atoms with Crippen LogP contribution in [0.1, 0.15) is 17.3 Å². The van der Waals surface area contributed by atoms with Crippen LogP contribution in [0.25, 0.3) is 0 Å². The number of anilines is 1. The van der Waals surface area contributed by atoms with Crippen molar-refractivity contribution in [3.05, 3.63) is 46.7 Å². The highest BCUT2D eigenvalue weighted by Crippen LogP contribution is 2.36. The molecule has 2 aromatic rings. The molecule has 0 saturated carbocycles. The first-order valence-electron chi connectivity index (χ1n) is 6.37. The number of methoxy groups -OCH3 is 1. The lowest BCUT2D eigenvalue weighted by Gasteiger charge is -2.13. The zero-order valence-corrected chi connectivity index (χ0v) is 13.3. The van der Waals surface area contributed by atoms with E-state index < -0.39 is 0 Å². The molecule has 0 aliphatic rings. The molecule has 110 valence electrons. The number of carbonyl (C=O) groups excluding carboxylic acids is 1. The molecule has 2 rings (SSSR count). The third-order valence-corrected chi connectivity index (χ3v) is 3.29. The quantitative estimate of drug-likeness (QED) is 0.896. The molecule has 0 saturated heterocycles. The molecule has 0 radical (unpaired) electrons. The van der Waals surface area contributed by atoms with Gasteiger partial charge in [-0.1, -0.05) is 0 Å². The SMILES string of the molecule is CCOc1c(Br)cc(C(=O)Nc2cccnc2)cc1OC. The van der Waals surface area contributed by atoms with E-state index in [9.17, 15) is 4.79 Å². The monoisotopic (exact) mass is 350 g/mol. The van der Waals surface area contributed by atoms with Gasteiger partial charge in [-0.05, 0) is 47.1 Å². The van der Waals surface area contributed by atoms with Crippen LogP contribution in [0.4, 0.5) is 5.69 Å². The molecule has 0 aliphatic carbocycles. The van der Waals surface area contributed by atoms with Crippen molar-refractivity contribution in [3.63, 3.8) is 0 Å². The average Bonchev–Trinajstić information content (AvgIpc) is 2.50. The molecule has 1 N–H and O–H groups in total. The predicted octanol–water partition coefficient (Wildman–Crippen LogP) is 3.50. The lowest BCUT2D eigenvalue weighted by molar-refractivity contribution is 0.102. The van der Waals surface area contributed by atoms with Crippen molar-refractivity contribution in [2.45, 2.75) is 6.92 Å². The number of nitrogens with zero attached hydrogens (tertiary/aromatic N) is 1. The Morgan fingerprint density at radius 1 is 1.43 bits per heavy atom. The van der Waals surface area contributed by atoms with E-state index in [4.69, 9.17) is 9.47 Å². The lowest BCUT2D eigenvalue weighted by atomic mass is 10.2. The Morgan fingerprint density at radius 2 is 2.24 bits per heavy atom. The number of benzene rings is 1. The lowest BCUT2D eigenvalue weighted by Crippen LogP contribution is -2.12. The van der Waals surface area contributed by atoms with Crippen LogP contribution in [0.3, 0.4) is 0 Å². The van der Waals surface area contributed by atoms with Crippen LogP contribution in [-0.4, -0.2) is 24.6 Å². The summed E-state index contributed by atoms with van der Waals surface area (Å²) in [4.78, 5) is 16.2. The van der Waals surface area contributed by atoms with Crippen molar-refractivity contribution in [1.29, 1.82) is 0 Å². The molecule has 0 spiro atoms.